The first-order valence-electron chi connectivity index (χ1n) is 4.39. The van der Waals surface area contributed by atoms with E-state index in [-0.39, 0.29) is 22.5 Å². The molecule has 3 rings (SSSR count). The molecule has 3 heterocycles. The number of H-pyrrole nitrogens is 3. The van der Waals surface area contributed by atoms with Crippen molar-refractivity contribution in [3.8, 4) is 0 Å². The van der Waals surface area contributed by atoms with Gasteiger partial charge in [0, 0.05) is 12.3 Å². The van der Waals surface area contributed by atoms with E-state index in [1.54, 1.807) is 0 Å². The van der Waals surface area contributed by atoms with Crippen LogP contribution in [0.3, 0.4) is 0 Å². The van der Waals surface area contributed by atoms with E-state index in [0.717, 1.165) is 0 Å². The number of aromatic nitrogens is 5. The second kappa shape index (κ2) is 2.69. The van der Waals surface area contributed by atoms with Crippen molar-refractivity contribution in [1.29, 1.82) is 0 Å². The molecule has 0 saturated heterocycles. The van der Waals surface area contributed by atoms with Crippen molar-refractivity contribution < 1.29 is 0 Å². The third kappa shape index (κ3) is 1.03. The highest BCUT2D eigenvalue weighted by Gasteiger charge is 2.09. The Balaban J connectivity index is 2.72. The second-order valence-corrected chi connectivity index (χ2v) is 3.22. The lowest BCUT2D eigenvalue weighted by atomic mass is 10.5. The van der Waals surface area contributed by atoms with Crippen LogP contribution < -0.4 is 16.8 Å². The SMILES string of the molecule is O=c1ccn2c(nc3[nH]c(=O)[nH]c(=O)c32)[nH]1. The Bertz CT molecular complexity index is 865. The number of hydrogen-bond donors (Lipinski definition) is 3. The van der Waals surface area contributed by atoms with Gasteiger partial charge in [0.1, 0.15) is 0 Å². The third-order valence-electron chi connectivity index (χ3n) is 2.20. The molecule has 0 aliphatic heterocycles. The van der Waals surface area contributed by atoms with Gasteiger partial charge in [-0.15, -0.1) is 0 Å². The summed E-state index contributed by atoms with van der Waals surface area (Å²) < 4.78 is 1.39. The summed E-state index contributed by atoms with van der Waals surface area (Å²) in [7, 11) is 0. The molecule has 0 aromatic carbocycles. The summed E-state index contributed by atoms with van der Waals surface area (Å²) in [5.74, 6) is 0.204. The second-order valence-electron chi connectivity index (χ2n) is 3.22. The molecule has 0 saturated carbocycles. The van der Waals surface area contributed by atoms with Crippen LogP contribution >= 0.6 is 0 Å². The molecule has 0 atom stereocenters. The zero-order chi connectivity index (χ0) is 11.3. The summed E-state index contributed by atoms with van der Waals surface area (Å²) >= 11 is 0. The van der Waals surface area contributed by atoms with Crippen molar-refractivity contribution in [3.05, 3.63) is 43.5 Å². The molecule has 0 spiro atoms. The molecule has 8 nitrogen and oxygen atoms in total. The highest BCUT2D eigenvalue weighted by Crippen LogP contribution is 2.04. The van der Waals surface area contributed by atoms with Gasteiger partial charge in [0.05, 0.1) is 0 Å². The maximum Gasteiger partial charge on any atom is 0.327 e. The minimum atomic E-state index is -0.636. The Morgan fingerprint density at radius 2 is 1.94 bits per heavy atom. The van der Waals surface area contributed by atoms with Crippen LogP contribution in [-0.2, 0) is 0 Å². The van der Waals surface area contributed by atoms with Gasteiger partial charge in [-0.2, -0.15) is 4.98 Å². The van der Waals surface area contributed by atoms with Gasteiger partial charge < -0.3 is 0 Å². The molecule has 0 aliphatic carbocycles. The molecule has 3 aromatic rings. The predicted octanol–water partition coefficient (Wildman–Crippen LogP) is -1.45. The zero-order valence-corrected chi connectivity index (χ0v) is 7.77. The monoisotopic (exact) mass is 219 g/mol. The van der Waals surface area contributed by atoms with Crippen LogP contribution in [0.5, 0.6) is 0 Å². The van der Waals surface area contributed by atoms with E-state index in [1.807, 2.05) is 0 Å². The Kier molecular flexibility index (Phi) is 1.45. The van der Waals surface area contributed by atoms with E-state index in [0.29, 0.717) is 0 Å². The minimum absolute atomic E-state index is 0.135. The zero-order valence-electron chi connectivity index (χ0n) is 7.77. The maximum absolute atomic E-state index is 11.5. The lowest BCUT2D eigenvalue weighted by molar-refractivity contribution is 1.06. The molecule has 3 N–H and O–H groups in total. The van der Waals surface area contributed by atoms with Gasteiger partial charge in [-0.1, -0.05) is 0 Å². The lowest BCUT2D eigenvalue weighted by Crippen LogP contribution is -2.22. The van der Waals surface area contributed by atoms with E-state index in [9.17, 15) is 14.4 Å². The summed E-state index contributed by atoms with van der Waals surface area (Å²) in [5, 5.41) is 0. The van der Waals surface area contributed by atoms with Crippen LogP contribution in [0.2, 0.25) is 0 Å². The fourth-order valence-electron chi connectivity index (χ4n) is 1.57. The lowest BCUT2D eigenvalue weighted by Gasteiger charge is -1.91. The largest absolute Gasteiger partial charge is 0.327 e. The number of aromatic amines is 3. The van der Waals surface area contributed by atoms with Crippen molar-refractivity contribution in [3.63, 3.8) is 0 Å². The van der Waals surface area contributed by atoms with E-state index < -0.39 is 11.2 Å². The Labute approximate surface area is 85.6 Å². The van der Waals surface area contributed by atoms with Gasteiger partial charge in [-0.25, -0.2) is 4.79 Å². The topological polar surface area (TPSA) is 116 Å². The number of rotatable bonds is 0. The molecule has 0 amide bonds. The summed E-state index contributed by atoms with van der Waals surface area (Å²) in [6.07, 6.45) is 1.41. The number of nitrogens with one attached hydrogen (secondary N) is 3. The maximum atomic E-state index is 11.5. The van der Waals surface area contributed by atoms with Crippen LogP contribution in [0.15, 0.2) is 26.6 Å². The van der Waals surface area contributed by atoms with Crippen molar-refractivity contribution in [1.82, 2.24) is 24.3 Å². The van der Waals surface area contributed by atoms with Crippen molar-refractivity contribution in [2.75, 3.05) is 0 Å². The molecule has 0 aliphatic rings. The predicted molar refractivity (Wildman–Crippen MR) is 54.6 cm³/mol. The molecule has 3 aromatic heterocycles. The Morgan fingerprint density at radius 1 is 1.12 bits per heavy atom. The smallest absolute Gasteiger partial charge is 0.292 e. The Hall–Kier alpha value is -2.64. The number of imidazole rings is 1. The van der Waals surface area contributed by atoms with Crippen LogP contribution in [0.1, 0.15) is 0 Å². The molecule has 80 valence electrons. The number of nitrogens with zero attached hydrogens (tertiary/aromatic N) is 2. The van der Waals surface area contributed by atoms with Crippen molar-refractivity contribution in [2.24, 2.45) is 0 Å². The van der Waals surface area contributed by atoms with Crippen LogP contribution in [0, 0.1) is 0 Å². The van der Waals surface area contributed by atoms with Crippen LogP contribution in [-0.4, -0.2) is 24.3 Å². The standard InChI is InChI=1S/C8H5N5O3/c14-3-1-2-13-4-5(10-7(13)9-3)11-8(16)12-6(4)15/h1-2H,(H3,9,10,11,12,14,15,16). The quantitative estimate of drug-likeness (QED) is 0.429. The average Bonchev–Trinajstić information content (AvgIpc) is 2.54. The highest BCUT2D eigenvalue weighted by molar-refractivity contribution is 5.73. The molecule has 8 heteroatoms. The summed E-state index contributed by atoms with van der Waals surface area (Å²) in [4.78, 5) is 44.4. The third-order valence-corrected chi connectivity index (χ3v) is 2.20. The van der Waals surface area contributed by atoms with E-state index >= 15 is 0 Å². The van der Waals surface area contributed by atoms with E-state index in [1.165, 1.54) is 16.7 Å². The van der Waals surface area contributed by atoms with E-state index in [2.05, 4.69) is 19.9 Å². The first kappa shape index (κ1) is 8.65. The average molecular weight is 219 g/mol. The van der Waals surface area contributed by atoms with Gasteiger partial charge in [0.15, 0.2) is 11.2 Å². The Morgan fingerprint density at radius 3 is 2.75 bits per heavy atom. The fraction of sp³-hybridized carbons (Fsp3) is 0. The number of hydrogen-bond acceptors (Lipinski definition) is 4. The first-order valence-corrected chi connectivity index (χ1v) is 4.39. The fourth-order valence-corrected chi connectivity index (χ4v) is 1.57. The normalized spacial score (nSPS) is 11.2. The molecule has 0 unspecified atom stereocenters. The molecular weight excluding hydrogens is 214 g/mol. The highest BCUT2D eigenvalue weighted by atomic mass is 16.2. The van der Waals surface area contributed by atoms with Gasteiger partial charge >= 0.3 is 5.69 Å². The van der Waals surface area contributed by atoms with E-state index in [4.69, 9.17) is 0 Å². The molecule has 0 fully saturated rings. The summed E-state index contributed by atoms with van der Waals surface area (Å²) in [5.41, 5.74) is -1.20. The van der Waals surface area contributed by atoms with Gasteiger partial charge in [-0.3, -0.25) is 28.9 Å². The molecular formula is C8H5N5O3. The van der Waals surface area contributed by atoms with Crippen LogP contribution in [0.25, 0.3) is 16.9 Å². The minimum Gasteiger partial charge on any atom is -0.292 e. The molecule has 0 radical (unpaired) electrons. The molecule has 0 bridgehead atoms. The molecule has 16 heavy (non-hydrogen) atoms. The van der Waals surface area contributed by atoms with Crippen LogP contribution in [0.4, 0.5) is 0 Å². The first-order chi connectivity index (χ1) is 7.65. The van der Waals surface area contributed by atoms with Gasteiger partial charge in [-0.05, 0) is 0 Å². The van der Waals surface area contributed by atoms with Crippen molar-refractivity contribution in [2.45, 2.75) is 0 Å². The number of fused-ring (bicyclic) bond motifs is 3. The van der Waals surface area contributed by atoms with Gasteiger partial charge in [0.2, 0.25) is 5.78 Å². The summed E-state index contributed by atoms with van der Waals surface area (Å²) in [6.45, 7) is 0. The summed E-state index contributed by atoms with van der Waals surface area (Å²) in [6, 6.07) is 1.26. The van der Waals surface area contributed by atoms with Crippen molar-refractivity contribution >= 4 is 16.9 Å². The van der Waals surface area contributed by atoms with Gasteiger partial charge in [0.25, 0.3) is 11.1 Å².